The monoisotopic (exact) mass is 596 g/mol. The molecule has 0 spiro atoms. The highest BCUT2D eigenvalue weighted by Crippen LogP contribution is 2.49. The number of aliphatic hydroxyl groups excluding tert-OH is 3. The zero-order valence-electron chi connectivity index (χ0n) is 20.9. The van der Waals surface area contributed by atoms with Crippen LogP contribution in [0, 0.1) is 0 Å². The van der Waals surface area contributed by atoms with Crippen molar-refractivity contribution in [2.75, 3.05) is 24.4 Å². The Bertz CT molecular complexity index is 1690. The summed E-state index contributed by atoms with van der Waals surface area (Å²) in [4.78, 5) is 45.1. The van der Waals surface area contributed by atoms with Crippen LogP contribution < -0.4 is 17.0 Å². The highest BCUT2D eigenvalue weighted by Gasteiger charge is 2.47. The lowest BCUT2D eigenvalue weighted by atomic mass is 10.2. The molecule has 2 saturated heterocycles. The zero-order valence-corrected chi connectivity index (χ0v) is 21.8. The maximum atomic E-state index is 13.0. The molecule has 41 heavy (non-hydrogen) atoms. The number of nitrogens with zero attached hydrogens (tertiary/aromatic N) is 7. The first-order chi connectivity index (χ1) is 19.6. The number of H-pyrrole nitrogens is 1. The fraction of sp³-hybridized carbons (Fsp3) is 0.500. The number of rotatable bonds is 8. The lowest BCUT2D eigenvalue weighted by Gasteiger charge is -2.24. The highest BCUT2D eigenvalue weighted by atomic mass is 31.2. The highest BCUT2D eigenvalue weighted by molar-refractivity contribution is 7.52. The molecule has 0 aromatic carbocycles. The predicted octanol–water partition coefficient (Wildman–Crippen LogP) is -2.47. The summed E-state index contributed by atoms with van der Waals surface area (Å²) in [5, 5.41) is 30.7. The van der Waals surface area contributed by atoms with Crippen LogP contribution in [0.5, 0.6) is 0 Å². The van der Waals surface area contributed by atoms with Crippen LogP contribution in [0.3, 0.4) is 0 Å². The van der Waals surface area contributed by atoms with Gasteiger partial charge in [0.1, 0.15) is 30.2 Å². The molecule has 4 unspecified atom stereocenters. The Morgan fingerprint density at radius 2 is 1.78 bits per heavy atom. The molecule has 4 aromatic rings. The maximum Gasteiger partial charge on any atom is 0.354 e. The van der Waals surface area contributed by atoms with Gasteiger partial charge in [0.05, 0.1) is 25.4 Å². The maximum absolute atomic E-state index is 13.0. The number of imidazole rings is 2. The van der Waals surface area contributed by atoms with Crippen molar-refractivity contribution in [3.05, 3.63) is 29.3 Å². The first-order valence-electron chi connectivity index (χ1n) is 12.1. The minimum absolute atomic E-state index is 0.00784. The van der Waals surface area contributed by atoms with Crippen LogP contribution in [0.2, 0.25) is 0 Å². The van der Waals surface area contributed by atoms with Gasteiger partial charge in [0.25, 0.3) is 5.56 Å². The van der Waals surface area contributed by atoms with E-state index in [1.807, 2.05) is 0 Å². The van der Waals surface area contributed by atoms with E-state index in [2.05, 4.69) is 29.9 Å². The summed E-state index contributed by atoms with van der Waals surface area (Å²) >= 11 is 0. The van der Waals surface area contributed by atoms with Gasteiger partial charge in [0.15, 0.2) is 47.7 Å². The fourth-order valence-electron chi connectivity index (χ4n) is 4.76. The Morgan fingerprint density at radius 3 is 2.54 bits per heavy atom. The summed E-state index contributed by atoms with van der Waals surface area (Å²) in [7, 11) is -4.58. The number of fused-ring (bicyclic) bond motifs is 2. The van der Waals surface area contributed by atoms with Crippen molar-refractivity contribution in [1.82, 2.24) is 39.0 Å². The first-order valence-corrected chi connectivity index (χ1v) is 13.9. The van der Waals surface area contributed by atoms with Crippen molar-refractivity contribution in [3.8, 4) is 0 Å². The number of nitrogens with one attached hydrogen (secondary N) is 1. The van der Waals surface area contributed by atoms with Gasteiger partial charge in [-0.2, -0.15) is 4.98 Å². The number of hydrogen-bond acceptors (Lipinski definition) is 16. The van der Waals surface area contributed by atoms with Crippen LogP contribution in [0.1, 0.15) is 18.9 Å². The molecule has 20 nitrogen and oxygen atoms in total. The Kier molecular flexibility index (Phi) is 6.96. The van der Waals surface area contributed by atoms with E-state index in [0.29, 0.717) is 0 Å². The molecule has 8 atom stereocenters. The van der Waals surface area contributed by atoms with E-state index in [1.54, 1.807) is 0 Å². The van der Waals surface area contributed by atoms with Gasteiger partial charge >= 0.3 is 7.60 Å². The van der Waals surface area contributed by atoms with Gasteiger partial charge in [-0.1, -0.05) is 0 Å². The molecule has 2 aliphatic heterocycles. The normalized spacial score (nSPS) is 29.9. The molecule has 2 fully saturated rings. The molecule has 9 N–H and O–H groups in total. The van der Waals surface area contributed by atoms with E-state index in [4.69, 9.17) is 30.2 Å². The molecule has 0 saturated carbocycles. The van der Waals surface area contributed by atoms with E-state index in [-0.39, 0.29) is 40.5 Å². The van der Waals surface area contributed by atoms with Gasteiger partial charge in [0, 0.05) is 6.42 Å². The minimum atomic E-state index is -4.58. The van der Waals surface area contributed by atoms with Gasteiger partial charge in [0.2, 0.25) is 5.95 Å². The molecule has 0 aliphatic carbocycles. The summed E-state index contributed by atoms with van der Waals surface area (Å²) in [6, 6.07) is 0. The van der Waals surface area contributed by atoms with Crippen molar-refractivity contribution in [2.24, 2.45) is 0 Å². The van der Waals surface area contributed by atoms with E-state index < -0.39 is 69.3 Å². The zero-order chi connectivity index (χ0) is 29.1. The number of aromatic nitrogens is 8. The van der Waals surface area contributed by atoms with Crippen LogP contribution in [-0.2, 0) is 23.3 Å². The average Bonchev–Trinajstić information content (AvgIpc) is 3.69. The third-order valence-corrected chi connectivity index (χ3v) is 7.71. The van der Waals surface area contributed by atoms with Crippen LogP contribution in [-0.4, -0.2) is 103 Å². The first kappa shape index (κ1) is 27.6. The lowest BCUT2D eigenvalue weighted by Crippen LogP contribution is -2.33. The standard InChI is InChI=1S/C20H25N10O10P/c21-13-9-14(24-3-23-13)29(4-25-9)18-11(32)12(33)19(39-18)37-6-41(35,36)40-8-1-7(2-31)38-17(8)30-5-26-10-15(30)27-20(22)28-16(10)34/h3-5,7-8,11-12,17-19,31-33H,1-2,6H2,(H,35,36)(H2,21,23,24)(H3,22,27,28,34)/t7-,8?,11?,12?,17+,18+,19-/m0/s1. The summed E-state index contributed by atoms with van der Waals surface area (Å²) in [6.45, 7) is -0.424. The van der Waals surface area contributed by atoms with Gasteiger partial charge in [-0.05, 0) is 0 Å². The second kappa shape index (κ2) is 10.4. The molecule has 2 aliphatic rings. The molecule has 0 bridgehead atoms. The van der Waals surface area contributed by atoms with Crippen molar-refractivity contribution in [1.29, 1.82) is 0 Å². The summed E-state index contributed by atoms with van der Waals surface area (Å²) in [5.74, 6) is -0.0878. The van der Waals surface area contributed by atoms with E-state index >= 15 is 0 Å². The molecule has 6 rings (SSSR count). The Hall–Kier alpha value is -3.59. The third kappa shape index (κ3) is 4.94. The smallest absolute Gasteiger partial charge is 0.354 e. The SMILES string of the molecule is Nc1nc2c(ncn2[C@@H]2O[C@H](CO)CC2OP(=O)(O)CO[C@H]2O[C@@H](n3cnc4c(N)ncnc43)C(O)C2O)c(=O)[nH]1. The van der Waals surface area contributed by atoms with E-state index in [9.17, 15) is 29.6 Å². The van der Waals surface area contributed by atoms with Gasteiger partial charge in [-0.25, -0.2) is 19.9 Å². The number of anilines is 2. The van der Waals surface area contributed by atoms with E-state index in [1.165, 1.54) is 28.1 Å². The number of aliphatic hydroxyl groups is 3. The number of nitrogen functional groups attached to an aromatic ring is 2. The second-order valence-corrected chi connectivity index (χ2v) is 11.1. The minimum Gasteiger partial charge on any atom is -0.394 e. The largest absolute Gasteiger partial charge is 0.394 e. The Balaban J connectivity index is 1.16. The quantitative estimate of drug-likeness (QED) is 0.104. The van der Waals surface area contributed by atoms with Crippen LogP contribution in [0.4, 0.5) is 11.8 Å². The number of nitrogens with two attached hydrogens (primary N) is 2. The predicted molar refractivity (Wildman–Crippen MR) is 134 cm³/mol. The lowest BCUT2D eigenvalue weighted by molar-refractivity contribution is -0.168. The van der Waals surface area contributed by atoms with Crippen LogP contribution >= 0.6 is 7.60 Å². The number of hydrogen-bond donors (Lipinski definition) is 7. The third-order valence-electron chi connectivity index (χ3n) is 6.63. The molecular formula is C20H25N10O10P. The fourth-order valence-corrected chi connectivity index (χ4v) is 5.77. The van der Waals surface area contributed by atoms with Gasteiger partial charge in [-0.3, -0.25) is 28.0 Å². The van der Waals surface area contributed by atoms with Crippen molar-refractivity contribution in [2.45, 2.75) is 49.6 Å². The average molecular weight is 596 g/mol. The van der Waals surface area contributed by atoms with Gasteiger partial charge in [-0.15, -0.1) is 0 Å². The molecule has 0 radical (unpaired) electrons. The molecule has 21 heteroatoms. The van der Waals surface area contributed by atoms with Crippen molar-refractivity contribution < 1.29 is 43.5 Å². The number of ether oxygens (including phenoxy) is 3. The summed E-state index contributed by atoms with van der Waals surface area (Å²) < 4.78 is 37.9. The van der Waals surface area contributed by atoms with Crippen molar-refractivity contribution in [3.63, 3.8) is 0 Å². The van der Waals surface area contributed by atoms with Crippen molar-refractivity contribution >= 4 is 41.7 Å². The molecule has 0 amide bonds. The number of aromatic amines is 1. The molecule has 4 aromatic heterocycles. The summed E-state index contributed by atoms with van der Waals surface area (Å²) in [5.41, 5.74) is 11.3. The molecular weight excluding hydrogens is 571 g/mol. The van der Waals surface area contributed by atoms with Crippen LogP contribution in [0.15, 0.2) is 23.8 Å². The molecule has 220 valence electrons. The topological polar surface area (TPSA) is 294 Å². The van der Waals surface area contributed by atoms with Gasteiger partial charge < -0.3 is 45.9 Å². The Labute approximate surface area is 228 Å². The Morgan fingerprint density at radius 1 is 1.05 bits per heavy atom. The van der Waals surface area contributed by atoms with Crippen LogP contribution in [0.25, 0.3) is 22.3 Å². The molecule has 6 heterocycles. The van der Waals surface area contributed by atoms with E-state index in [0.717, 1.165) is 0 Å². The second-order valence-electron chi connectivity index (χ2n) is 9.38. The summed E-state index contributed by atoms with van der Waals surface area (Å²) in [6.07, 6.45) is -6.16.